The third-order valence-corrected chi connectivity index (χ3v) is 7.77. The van der Waals surface area contributed by atoms with E-state index in [1.165, 1.54) is 14.2 Å². The summed E-state index contributed by atoms with van der Waals surface area (Å²) >= 11 is 0. The number of methoxy groups -OCH3 is 2. The number of hydrogen-bond acceptors (Lipinski definition) is 6. The average Bonchev–Trinajstić information content (AvgIpc) is 2.86. The minimum Gasteiger partial charge on any atom is -0.468 e. The Morgan fingerprint density at radius 3 is 2.15 bits per heavy atom. The number of fused-ring (bicyclic) bond motifs is 3. The van der Waals surface area contributed by atoms with E-state index in [1.54, 1.807) is 12.1 Å². The third-order valence-electron chi connectivity index (χ3n) is 7.77. The fraction of sp³-hybridized carbons (Fsp3) is 0.321. The van der Waals surface area contributed by atoms with Crippen LogP contribution in [0.4, 0.5) is 0 Å². The van der Waals surface area contributed by atoms with E-state index in [0.717, 1.165) is 16.3 Å². The lowest BCUT2D eigenvalue weighted by atomic mass is 9.46. The van der Waals surface area contributed by atoms with Gasteiger partial charge in [0, 0.05) is 11.6 Å². The molecule has 1 N–H and O–H groups in total. The Hall–Kier alpha value is -3.51. The minimum absolute atomic E-state index is 0.00468. The molecule has 0 radical (unpaired) electrons. The number of esters is 2. The Morgan fingerprint density at radius 2 is 1.50 bits per heavy atom. The smallest absolute Gasteiger partial charge is 0.337 e. The van der Waals surface area contributed by atoms with Gasteiger partial charge in [0.1, 0.15) is 5.54 Å². The van der Waals surface area contributed by atoms with Crippen LogP contribution in [0.5, 0.6) is 0 Å². The molecule has 6 nitrogen and oxygen atoms in total. The molecule has 0 spiro atoms. The first-order chi connectivity index (χ1) is 16.3. The van der Waals surface area contributed by atoms with Gasteiger partial charge in [0.05, 0.1) is 25.2 Å². The van der Waals surface area contributed by atoms with Crippen molar-refractivity contribution in [3.8, 4) is 0 Å². The van der Waals surface area contributed by atoms with E-state index in [4.69, 9.17) is 9.47 Å². The average molecular weight is 458 g/mol. The predicted octanol–water partition coefficient (Wildman–Crippen LogP) is 4.48. The van der Waals surface area contributed by atoms with Crippen LogP contribution in [0.15, 0.2) is 66.7 Å². The van der Waals surface area contributed by atoms with Gasteiger partial charge in [0.2, 0.25) is 0 Å². The van der Waals surface area contributed by atoms with Crippen molar-refractivity contribution in [2.24, 2.45) is 11.3 Å². The molecule has 3 aromatic carbocycles. The molecule has 0 unspecified atom stereocenters. The molecule has 2 atom stereocenters. The fourth-order valence-electron chi connectivity index (χ4n) is 5.72. The van der Waals surface area contributed by atoms with Crippen LogP contribution in [-0.2, 0) is 14.3 Å². The Balaban J connectivity index is 1.56. The minimum atomic E-state index is -0.897. The zero-order valence-corrected chi connectivity index (χ0v) is 19.5. The topological polar surface area (TPSA) is 81.7 Å². The first-order valence-corrected chi connectivity index (χ1v) is 11.4. The highest BCUT2D eigenvalue weighted by Gasteiger charge is 2.67. The summed E-state index contributed by atoms with van der Waals surface area (Å²) in [4.78, 5) is 38.7. The maximum atomic E-state index is 14.0. The molecule has 2 heterocycles. The van der Waals surface area contributed by atoms with E-state index < -0.39 is 23.0 Å². The lowest BCUT2D eigenvalue weighted by Crippen LogP contribution is -2.72. The van der Waals surface area contributed by atoms with E-state index in [2.05, 4.69) is 5.32 Å². The number of ketones is 1. The first-order valence-electron chi connectivity index (χ1n) is 11.4. The zero-order chi connectivity index (χ0) is 24.1. The molecule has 6 heteroatoms. The maximum absolute atomic E-state index is 14.0. The molecule has 2 saturated heterocycles. The second kappa shape index (κ2) is 8.06. The van der Waals surface area contributed by atoms with E-state index in [1.807, 2.05) is 61.5 Å². The summed E-state index contributed by atoms with van der Waals surface area (Å²) < 4.78 is 9.93. The molecule has 0 amide bonds. The van der Waals surface area contributed by atoms with E-state index in [0.29, 0.717) is 24.0 Å². The first kappa shape index (κ1) is 22.3. The van der Waals surface area contributed by atoms with Crippen LogP contribution in [0.2, 0.25) is 0 Å². The second-order valence-corrected chi connectivity index (χ2v) is 9.54. The largest absolute Gasteiger partial charge is 0.468 e. The summed E-state index contributed by atoms with van der Waals surface area (Å²) in [6.45, 7) is 1.85. The number of carbonyl (C=O) groups is 3. The summed E-state index contributed by atoms with van der Waals surface area (Å²) in [6.07, 6.45) is 1.17. The van der Waals surface area contributed by atoms with Crippen molar-refractivity contribution in [3.63, 3.8) is 0 Å². The molecule has 6 rings (SSSR count). The van der Waals surface area contributed by atoms with Crippen LogP contribution < -0.4 is 5.32 Å². The van der Waals surface area contributed by atoms with Crippen LogP contribution in [0.1, 0.15) is 52.1 Å². The number of benzene rings is 3. The number of piperidine rings is 2. The van der Waals surface area contributed by atoms with Crippen molar-refractivity contribution in [1.82, 2.24) is 5.32 Å². The van der Waals surface area contributed by atoms with Gasteiger partial charge in [0.15, 0.2) is 5.78 Å². The van der Waals surface area contributed by atoms with Crippen molar-refractivity contribution in [1.29, 1.82) is 0 Å². The molecule has 2 aliphatic heterocycles. The number of nitrogens with one attached hydrogen (secondary N) is 1. The molecule has 0 aromatic heterocycles. The molecule has 34 heavy (non-hydrogen) atoms. The molecular formula is C28H27NO5. The lowest BCUT2D eigenvalue weighted by Gasteiger charge is -2.62. The van der Waals surface area contributed by atoms with Gasteiger partial charge in [-0.2, -0.15) is 0 Å². The Morgan fingerprint density at radius 1 is 0.853 bits per heavy atom. The Kier molecular flexibility index (Phi) is 5.29. The second-order valence-electron chi connectivity index (χ2n) is 9.54. The van der Waals surface area contributed by atoms with Crippen LogP contribution in [0.3, 0.4) is 0 Å². The summed E-state index contributed by atoms with van der Waals surface area (Å²) in [5.74, 6) is -0.695. The summed E-state index contributed by atoms with van der Waals surface area (Å²) in [7, 11) is 2.72. The van der Waals surface area contributed by atoms with Gasteiger partial charge in [-0.1, -0.05) is 48.5 Å². The van der Waals surface area contributed by atoms with Gasteiger partial charge in [-0.3, -0.25) is 14.9 Å². The molecule has 3 aliphatic rings. The Labute approximate surface area is 198 Å². The standard InChI is InChI=1S/C28H27NO5/c1-27(26(32)34-3)22-15-28(16-22,23(29-27)18-9-11-19(12-10-18)25(31)33-2)24(30)21-13-8-17-6-4-5-7-20(17)14-21/h4-14,22-23,29H,15-16H2,1-3H3/t22?,23-,27-,28?/m0/s1. The van der Waals surface area contributed by atoms with E-state index in [-0.39, 0.29) is 17.7 Å². The molecule has 174 valence electrons. The van der Waals surface area contributed by atoms with Crippen molar-refractivity contribution in [2.45, 2.75) is 31.3 Å². The van der Waals surface area contributed by atoms with E-state index in [9.17, 15) is 14.4 Å². The Bertz CT molecular complexity index is 1290. The summed E-state index contributed by atoms with van der Waals surface area (Å²) in [6, 6.07) is 20.4. The van der Waals surface area contributed by atoms with Crippen molar-refractivity contribution in [3.05, 3.63) is 83.4 Å². The maximum Gasteiger partial charge on any atom is 0.337 e. The number of hydrogen-bond donors (Lipinski definition) is 1. The summed E-state index contributed by atoms with van der Waals surface area (Å²) in [5, 5.41) is 5.57. The number of carbonyl (C=O) groups excluding carboxylic acids is 3. The summed E-state index contributed by atoms with van der Waals surface area (Å²) in [5.41, 5.74) is 0.352. The van der Waals surface area contributed by atoms with Gasteiger partial charge in [-0.15, -0.1) is 0 Å². The van der Waals surface area contributed by atoms with Crippen molar-refractivity contribution < 1.29 is 23.9 Å². The third kappa shape index (κ3) is 3.24. The SMILES string of the molecule is COC(=O)c1ccc([C@@H]2N[C@](C)(C(=O)OC)C3CC2(C(=O)c2ccc4ccccc4c2)C3)cc1. The van der Waals surface area contributed by atoms with Crippen LogP contribution in [-0.4, -0.2) is 37.5 Å². The van der Waals surface area contributed by atoms with Crippen LogP contribution >= 0.6 is 0 Å². The molecule has 1 aliphatic carbocycles. The molecule has 3 fully saturated rings. The van der Waals surface area contributed by atoms with Crippen LogP contribution in [0.25, 0.3) is 10.8 Å². The number of ether oxygens (including phenoxy) is 2. The van der Waals surface area contributed by atoms with Crippen molar-refractivity contribution in [2.75, 3.05) is 14.2 Å². The zero-order valence-electron chi connectivity index (χ0n) is 19.5. The van der Waals surface area contributed by atoms with Gasteiger partial charge in [-0.25, -0.2) is 4.79 Å². The van der Waals surface area contributed by atoms with E-state index >= 15 is 0 Å². The van der Waals surface area contributed by atoms with Crippen molar-refractivity contribution >= 4 is 28.5 Å². The van der Waals surface area contributed by atoms with Gasteiger partial charge in [0.25, 0.3) is 0 Å². The predicted molar refractivity (Wildman–Crippen MR) is 128 cm³/mol. The quantitative estimate of drug-likeness (QED) is 0.449. The van der Waals surface area contributed by atoms with Gasteiger partial charge < -0.3 is 9.47 Å². The lowest BCUT2D eigenvalue weighted by molar-refractivity contribution is -0.164. The molecular weight excluding hydrogens is 430 g/mol. The highest BCUT2D eigenvalue weighted by Crippen LogP contribution is 2.63. The molecule has 2 bridgehead atoms. The van der Waals surface area contributed by atoms with Crippen LogP contribution in [0, 0.1) is 11.3 Å². The highest BCUT2D eigenvalue weighted by molar-refractivity contribution is 6.05. The monoisotopic (exact) mass is 457 g/mol. The molecule has 3 aromatic rings. The fourth-order valence-corrected chi connectivity index (χ4v) is 5.72. The normalized spacial score (nSPS) is 27.5. The number of rotatable bonds is 5. The highest BCUT2D eigenvalue weighted by atomic mass is 16.5. The van der Waals surface area contributed by atoms with Gasteiger partial charge in [-0.05, 0) is 60.2 Å². The van der Waals surface area contributed by atoms with Gasteiger partial charge >= 0.3 is 11.9 Å². The number of Topliss-reactive ketones (excluding diaryl/α,β-unsaturated/α-hetero) is 1. The molecule has 1 saturated carbocycles.